The average molecular weight is 243 g/mol. The van der Waals surface area contributed by atoms with Crippen molar-refractivity contribution in [1.82, 2.24) is 14.9 Å². The Kier molecular flexibility index (Phi) is 5.41. The summed E-state index contributed by atoms with van der Waals surface area (Å²) in [6, 6.07) is -0.815. The van der Waals surface area contributed by atoms with Crippen LogP contribution in [0.4, 0.5) is 0 Å². The van der Waals surface area contributed by atoms with Gasteiger partial charge in [-0.25, -0.2) is 9.78 Å². The minimum atomic E-state index is -1.01. The highest BCUT2D eigenvalue weighted by molar-refractivity contribution is 7.99. The predicted octanol–water partition coefficient (Wildman–Crippen LogP) is -0.185. The van der Waals surface area contributed by atoms with E-state index in [1.54, 1.807) is 12.5 Å². The lowest BCUT2D eigenvalue weighted by Gasteiger charge is -2.10. The van der Waals surface area contributed by atoms with Gasteiger partial charge in [-0.2, -0.15) is 11.8 Å². The molecule has 6 nitrogen and oxygen atoms in total. The van der Waals surface area contributed by atoms with Gasteiger partial charge in [-0.1, -0.05) is 0 Å². The third-order valence-electron chi connectivity index (χ3n) is 1.90. The Hall–Kier alpha value is -1.50. The Morgan fingerprint density at radius 2 is 2.50 bits per heavy atom. The monoisotopic (exact) mass is 243 g/mol. The fourth-order valence-electron chi connectivity index (χ4n) is 1.06. The van der Waals surface area contributed by atoms with E-state index in [0.717, 1.165) is 12.3 Å². The first-order chi connectivity index (χ1) is 7.74. The van der Waals surface area contributed by atoms with Crippen molar-refractivity contribution < 1.29 is 14.7 Å². The van der Waals surface area contributed by atoms with Crippen LogP contribution in [0.1, 0.15) is 0 Å². The van der Waals surface area contributed by atoms with E-state index >= 15 is 0 Å². The topological polar surface area (TPSA) is 84.2 Å². The summed E-state index contributed by atoms with van der Waals surface area (Å²) in [4.78, 5) is 24.7. The molecule has 0 spiro atoms. The van der Waals surface area contributed by atoms with Crippen molar-refractivity contribution in [2.24, 2.45) is 0 Å². The molecule has 0 aliphatic rings. The second kappa shape index (κ2) is 6.89. The fraction of sp³-hybridized carbons (Fsp3) is 0.444. The van der Waals surface area contributed by atoms with Gasteiger partial charge >= 0.3 is 5.97 Å². The van der Waals surface area contributed by atoms with Gasteiger partial charge < -0.3 is 15.0 Å². The number of imidazole rings is 1. The number of nitrogens with one attached hydrogen (secondary N) is 1. The van der Waals surface area contributed by atoms with Crippen molar-refractivity contribution in [1.29, 1.82) is 0 Å². The average Bonchev–Trinajstić information content (AvgIpc) is 2.75. The molecule has 0 fully saturated rings. The molecule has 16 heavy (non-hydrogen) atoms. The lowest BCUT2D eigenvalue weighted by atomic mass is 10.3. The van der Waals surface area contributed by atoms with Gasteiger partial charge in [0.1, 0.15) is 6.04 Å². The van der Waals surface area contributed by atoms with Crippen LogP contribution in [0.15, 0.2) is 18.7 Å². The van der Waals surface area contributed by atoms with Gasteiger partial charge in [-0.05, 0) is 0 Å². The summed E-state index contributed by atoms with van der Waals surface area (Å²) in [7, 11) is 0. The molecule has 0 bridgehead atoms. The normalized spacial score (nSPS) is 12.0. The van der Waals surface area contributed by atoms with Gasteiger partial charge in [0.05, 0.1) is 6.33 Å². The highest BCUT2D eigenvalue weighted by Gasteiger charge is 2.15. The number of hydrogen-bond acceptors (Lipinski definition) is 4. The molecule has 1 amide bonds. The SMILES string of the molecule is O=CNC(CSCCn1ccnc1)C(=O)O. The molecule has 88 valence electrons. The zero-order valence-corrected chi connectivity index (χ0v) is 9.39. The molecule has 0 radical (unpaired) electrons. The first-order valence-electron chi connectivity index (χ1n) is 4.70. The number of hydrogen-bond donors (Lipinski definition) is 2. The molecule has 1 aromatic heterocycles. The molecule has 0 aromatic carbocycles. The van der Waals surface area contributed by atoms with Crippen LogP contribution in [-0.2, 0) is 16.1 Å². The van der Waals surface area contributed by atoms with Crippen LogP contribution in [0.25, 0.3) is 0 Å². The van der Waals surface area contributed by atoms with E-state index in [1.165, 1.54) is 11.8 Å². The van der Waals surface area contributed by atoms with E-state index in [4.69, 9.17) is 5.11 Å². The highest BCUT2D eigenvalue weighted by Crippen LogP contribution is 2.04. The predicted molar refractivity (Wildman–Crippen MR) is 60.2 cm³/mol. The molecule has 1 heterocycles. The number of rotatable bonds is 8. The van der Waals surface area contributed by atoms with E-state index in [1.807, 2.05) is 10.8 Å². The Morgan fingerprint density at radius 1 is 1.69 bits per heavy atom. The molecule has 2 N–H and O–H groups in total. The Morgan fingerprint density at radius 3 is 3.06 bits per heavy atom. The minimum absolute atomic E-state index is 0.364. The quantitative estimate of drug-likeness (QED) is 0.488. The summed E-state index contributed by atoms with van der Waals surface area (Å²) in [6.45, 7) is 0.776. The van der Waals surface area contributed by atoms with Crippen LogP contribution in [-0.4, -0.2) is 44.6 Å². The number of carbonyl (C=O) groups is 2. The lowest BCUT2D eigenvalue weighted by Crippen LogP contribution is -2.37. The van der Waals surface area contributed by atoms with Crippen LogP contribution in [0.2, 0.25) is 0 Å². The first-order valence-corrected chi connectivity index (χ1v) is 5.85. The number of thioether (sulfide) groups is 1. The molecule has 0 aliphatic carbocycles. The number of aliphatic carboxylic acids is 1. The maximum absolute atomic E-state index is 10.7. The molecule has 1 unspecified atom stereocenters. The number of aryl methyl sites for hydroxylation is 1. The number of carbonyl (C=O) groups excluding carboxylic acids is 1. The van der Waals surface area contributed by atoms with E-state index in [2.05, 4.69) is 10.3 Å². The van der Waals surface area contributed by atoms with Gasteiger partial charge in [-0.3, -0.25) is 4.79 Å². The zero-order chi connectivity index (χ0) is 11.8. The number of carboxylic acid groups (broad SMARTS) is 1. The molecule has 0 aliphatic heterocycles. The molecular weight excluding hydrogens is 230 g/mol. The summed E-state index contributed by atoms with van der Waals surface area (Å²) in [5.74, 6) is 0.130. The van der Waals surface area contributed by atoms with Crippen molar-refractivity contribution in [3.63, 3.8) is 0 Å². The van der Waals surface area contributed by atoms with Crippen molar-refractivity contribution >= 4 is 24.1 Å². The molecule has 1 aromatic rings. The lowest BCUT2D eigenvalue weighted by molar-refractivity contribution is -0.139. The van der Waals surface area contributed by atoms with Gasteiger partial charge in [-0.15, -0.1) is 0 Å². The highest BCUT2D eigenvalue weighted by atomic mass is 32.2. The Balaban J connectivity index is 2.18. The van der Waals surface area contributed by atoms with Crippen molar-refractivity contribution in [2.75, 3.05) is 11.5 Å². The number of nitrogens with zero attached hydrogens (tertiary/aromatic N) is 2. The first kappa shape index (κ1) is 12.6. The summed E-state index contributed by atoms with van der Waals surface area (Å²) < 4.78 is 1.91. The zero-order valence-electron chi connectivity index (χ0n) is 8.57. The standard InChI is InChI=1S/C9H13N3O3S/c13-7-11-8(9(14)15)5-16-4-3-12-2-1-10-6-12/h1-2,6-8H,3-5H2,(H,11,13)(H,14,15). The number of carboxylic acids is 1. The third kappa shape index (κ3) is 4.35. The largest absolute Gasteiger partial charge is 0.480 e. The van der Waals surface area contributed by atoms with Crippen LogP contribution in [0.5, 0.6) is 0 Å². The van der Waals surface area contributed by atoms with Crippen LogP contribution in [0.3, 0.4) is 0 Å². The molecule has 0 saturated carbocycles. The van der Waals surface area contributed by atoms with E-state index in [0.29, 0.717) is 12.2 Å². The fourth-order valence-corrected chi connectivity index (χ4v) is 2.04. The minimum Gasteiger partial charge on any atom is -0.480 e. The van der Waals surface area contributed by atoms with Gasteiger partial charge in [0, 0.05) is 30.4 Å². The Bertz CT molecular complexity index is 329. The van der Waals surface area contributed by atoms with Crippen molar-refractivity contribution in [3.8, 4) is 0 Å². The summed E-state index contributed by atoms with van der Waals surface area (Å²) in [5, 5.41) is 11.0. The van der Waals surface area contributed by atoms with Gasteiger partial charge in [0.15, 0.2) is 0 Å². The second-order valence-corrected chi connectivity index (χ2v) is 4.20. The van der Waals surface area contributed by atoms with Crippen molar-refractivity contribution in [3.05, 3.63) is 18.7 Å². The van der Waals surface area contributed by atoms with Crippen molar-refractivity contribution in [2.45, 2.75) is 12.6 Å². The maximum atomic E-state index is 10.7. The van der Waals surface area contributed by atoms with E-state index in [9.17, 15) is 9.59 Å². The summed E-state index contributed by atoms with van der Waals surface area (Å²) >= 11 is 1.48. The van der Waals surface area contributed by atoms with E-state index < -0.39 is 12.0 Å². The molecule has 7 heteroatoms. The van der Waals surface area contributed by atoms with Gasteiger partial charge in [0.25, 0.3) is 0 Å². The van der Waals surface area contributed by atoms with Crippen LogP contribution in [0, 0.1) is 0 Å². The number of amides is 1. The number of aromatic nitrogens is 2. The summed E-state index contributed by atoms with van der Waals surface area (Å²) in [6.07, 6.45) is 5.66. The Labute approximate surface area is 97.1 Å². The maximum Gasteiger partial charge on any atom is 0.327 e. The molecular formula is C9H13N3O3S. The van der Waals surface area contributed by atoms with Gasteiger partial charge in [0.2, 0.25) is 6.41 Å². The molecule has 1 rings (SSSR count). The van der Waals surface area contributed by atoms with E-state index in [-0.39, 0.29) is 0 Å². The molecule has 0 saturated heterocycles. The summed E-state index contributed by atoms with van der Waals surface area (Å²) in [5.41, 5.74) is 0. The smallest absolute Gasteiger partial charge is 0.327 e. The second-order valence-electron chi connectivity index (χ2n) is 3.05. The molecule has 1 atom stereocenters. The van der Waals surface area contributed by atoms with Crippen LogP contribution >= 0.6 is 11.8 Å². The third-order valence-corrected chi connectivity index (χ3v) is 2.95. The van der Waals surface area contributed by atoms with Crippen LogP contribution < -0.4 is 5.32 Å².